The average molecular weight is 251 g/mol. The molecule has 0 saturated carbocycles. The van der Waals surface area contributed by atoms with E-state index in [1.165, 1.54) is 6.42 Å². The summed E-state index contributed by atoms with van der Waals surface area (Å²) in [6.07, 6.45) is 3.39. The molecule has 3 nitrogen and oxygen atoms in total. The molecule has 0 aliphatic rings. The monoisotopic (exact) mass is 251 g/mol. The minimum Gasteiger partial charge on any atom is -0.493 e. The van der Waals surface area contributed by atoms with Gasteiger partial charge in [0.15, 0.2) is 11.5 Å². The third-order valence-electron chi connectivity index (χ3n) is 3.13. The van der Waals surface area contributed by atoms with Gasteiger partial charge < -0.3 is 15.2 Å². The van der Waals surface area contributed by atoms with Crippen LogP contribution in [-0.2, 0) is 0 Å². The van der Waals surface area contributed by atoms with Gasteiger partial charge in [-0.25, -0.2) is 0 Å². The molecular weight excluding hydrogens is 226 g/mol. The zero-order chi connectivity index (χ0) is 13.5. The molecule has 0 fully saturated rings. The van der Waals surface area contributed by atoms with Crippen LogP contribution < -0.4 is 15.2 Å². The van der Waals surface area contributed by atoms with Crippen LogP contribution in [0.1, 0.15) is 44.7 Å². The molecule has 1 atom stereocenters. The van der Waals surface area contributed by atoms with E-state index < -0.39 is 0 Å². The molecule has 0 saturated heterocycles. The van der Waals surface area contributed by atoms with E-state index in [1.54, 1.807) is 14.2 Å². The van der Waals surface area contributed by atoms with E-state index in [0.29, 0.717) is 0 Å². The first-order valence-electron chi connectivity index (χ1n) is 6.56. The van der Waals surface area contributed by atoms with Crippen LogP contribution in [0.5, 0.6) is 11.5 Å². The molecular formula is C15H25NO2. The second-order valence-electron chi connectivity index (χ2n) is 5.05. The largest absolute Gasteiger partial charge is 0.493 e. The van der Waals surface area contributed by atoms with Crippen molar-refractivity contribution in [2.45, 2.75) is 39.2 Å². The number of methoxy groups -OCH3 is 2. The normalized spacial score (nSPS) is 12.6. The van der Waals surface area contributed by atoms with Gasteiger partial charge in [-0.3, -0.25) is 0 Å². The van der Waals surface area contributed by atoms with Crippen molar-refractivity contribution < 1.29 is 9.47 Å². The highest BCUT2D eigenvalue weighted by Crippen LogP contribution is 2.30. The second-order valence-corrected chi connectivity index (χ2v) is 5.05. The SMILES string of the molecule is COc1ccc(C(N)CCCC(C)C)cc1OC. The van der Waals surface area contributed by atoms with Crippen molar-refractivity contribution in [3.05, 3.63) is 23.8 Å². The summed E-state index contributed by atoms with van der Waals surface area (Å²) < 4.78 is 10.5. The first-order valence-corrected chi connectivity index (χ1v) is 6.56. The summed E-state index contributed by atoms with van der Waals surface area (Å²) in [5, 5.41) is 0. The Kier molecular flexibility index (Phi) is 5.99. The molecule has 0 heterocycles. The molecule has 1 unspecified atom stereocenters. The second kappa shape index (κ2) is 7.27. The van der Waals surface area contributed by atoms with Crippen molar-refractivity contribution in [2.24, 2.45) is 11.7 Å². The molecule has 1 aromatic rings. The molecule has 0 bridgehead atoms. The Hall–Kier alpha value is -1.22. The van der Waals surface area contributed by atoms with Gasteiger partial charge in [0, 0.05) is 6.04 Å². The number of ether oxygens (including phenoxy) is 2. The Morgan fingerprint density at radius 3 is 2.28 bits per heavy atom. The van der Waals surface area contributed by atoms with Crippen LogP contribution in [0.25, 0.3) is 0 Å². The number of hydrogen-bond acceptors (Lipinski definition) is 3. The predicted molar refractivity (Wildman–Crippen MR) is 75.2 cm³/mol. The molecule has 1 rings (SSSR count). The van der Waals surface area contributed by atoms with E-state index in [9.17, 15) is 0 Å². The third-order valence-corrected chi connectivity index (χ3v) is 3.13. The van der Waals surface area contributed by atoms with Crippen molar-refractivity contribution in [1.82, 2.24) is 0 Å². The van der Waals surface area contributed by atoms with Gasteiger partial charge in [0.1, 0.15) is 0 Å². The lowest BCUT2D eigenvalue weighted by atomic mass is 9.98. The fourth-order valence-electron chi connectivity index (χ4n) is 2.00. The zero-order valence-electron chi connectivity index (χ0n) is 11.9. The summed E-state index contributed by atoms with van der Waals surface area (Å²) in [6, 6.07) is 5.97. The number of rotatable bonds is 7. The van der Waals surface area contributed by atoms with Gasteiger partial charge in [0.25, 0.3) is 0 Å². The molecule has 1 aromatic carbocycles. The summed E-state index contributed by atoms with van der Waals surface area (Å²) >= 11 is 0. The van der Waals surface area contributed by atoms with E-state index in [4.69, 9.17) is 15.2 Å². The average Bonchev–Trinajstić information content (AvgIpc) is 2.37. The van der Waals surface area contributed by atoms with Crippen LogP contribution in [0.4, 0.5) is 0 Å². The summed E-state index contributed by atoms with van der Waals surface area (Å²) in [5.74, 6) is 2.23. The first kappa shape index (κ1) is 14.8. The van der Waals surface area contributed by atoms with Crippen molar-refractivity contribution in [2.75, 3.05) is 14.2 Å². The van der Waals surface area contributed by atoms with Crippen LogP contribution in [-0.4, -0.2) is 14.2 Å². The van der Waals surface area contributed by atoms with Crippen LogP contribution in [0, 0.1) is 5.92 Å². The predicted octanol–water partition coefficient (Wildman–Crippen LogP) is 3.53. The maximum absolute atomic E-state index is 6.20. The van der Waals surface area contributed by atoms with E-state index >= 15 is 0 Å². The maximum atomic E-state index is 6.20. The van der Waals surface area contributed by atoms with Gasteiger partial charge in [-0.05, 0) is 30.0 Å². The lowest BCUT2D eigenvalue weighted by molar-refractivity contribution is 0.354. The molecule has 0 aliphatic heterocycles. The summed E-state index contributed by atoms with van der Waals surface area (Å²) in [6.45, 7) is 4.48. The maximum Gasteiger partial charge on any atom is 0.161 e. The fraction of sp³-hybridized carbons (Fsp3) is 0.600. The van der Waals surface area contributed by atoms with Crippen LogP contribution in [0.3, 0.4) is 0 Å². The molecule has 0 aromatic heterocycles. The first-order chi connectivity index (χ1) is 8.58. The summed E-state index contributed by atoms with van der Waals surface area (Å²) in [5.41, 5.74) is 7.31. The van der Waals surface area contributed by atoms with Crippen molar-refractivity contribution in [1.29, 1.82) is 0 Å². The minimum absolute atomic E-state index is 0.0727. The van der Waals surface area contributed by atoms with Gasteiger partial charge in [-0.1, -0.05) is 32.8 Å². The van der Waals surface area contributed by atoms with E-state index in [0.717, 1.165) is 35.8 Å². The standard InChI is InChI=1S/C15H25NO2/c1-11(2)6-5-7-13(16)12-8-9-14(17-3)15(10-12)18-4/h8-11,13H,5-7,16H2,1-4H3. The Labute approximate surface area is 110 Å². The number of nitrogens with two attached hydrogens (primary N) is 1. The van der Waals surface area contributed by atoms with Crippen LogP contribution >= 0.6 is 0 Å². The molecule has 0 spiro atoms. The number of benzene rings is 1. The highest BCUT2D eigenvalue weighted by atomic mass is 16.5. The summed E-state index contributed by atoms with van der Waals surface area (Å²) in [7, 11) is 3.28. The molecule has 3 heteroatoms. The van der Waals surface area contributed by atoms with Gasteiger partial charge in [0.05, 0.1) is 14.2 Å². The van der Waals surface area contributed by atoms with E-state index in [-0.39, 0.29) is 6.04 Å². The van der Waals surface area contributed by atoms with Gasteiger partial charge in [-0.15, -0.1) is 0 Å². The quantitative estimate of drug-likeness (QED) is 0.806. The molecule has 0 radical (unpaired) electrons. The summed E-state index contributed by atoms with van der Waals surface area (Å²) in [4.78, 5) is 0. The highest BCUT2D eigenvalue weighted by Gasteiger charge is 2.10. The van der Waals surface area contributed by atoms with E-state index in [2.05, 4.69) is 13.8 Å². The fourth-order valence-corrected chi connectivity index (χ4v) is 2.00. The molecule has 102 valence electrons. The molecule has 18 heavy (non-hydrogen) atoms. The Morgan fingerprint density at radius 1 is 1.06 bits per heavy atom. The third kappa shape index (κ3) is 4.22. The van der Waals surface area contributed by atoms with Crippen molar-refractivity contribution >= 4 is 0 Å². The Bertz CT molecular complexity index is 364. The lowest BCUT2D eigenvalue weighted by Crippen LogP contribution is -2.10. The topological polar surface area (TPSA) is 44.5 Å². The lowest BCUT2D eigenvalue weighted by Gasteiger charge is -2.15. The molecule has 0 aliphatic carbocycles. The van der Waals surface area contributed by atoms with Crippen LogP contribution in [0.2, 0.25) is 0 Å². The highest BCUT2D eigenvalue weighted by molar-refractivity contribution is 5.43. The number of hydrogen-bond donors (Lipinski definition) is 1. The van der Waals surface area contributed by atoms with Gasteiger partial charge >= 0.3 is 0 Å². The van der Waals surface area contributed by atoms with Gasteiger partial charge in [0.2, 0.25) is 0 Å². The zero-order valence-corrected chi connectivity index (χ0v) is 11.9. The Morgan fingerprint density at radius 2 is 1.72 bits per heavy atom. The minimum atomic E-state index is 0.0727. The van der Waals surface area contributed by atoms with Crippen LogP contribution in [0.15, 0.2) is 18.2 Å². The molecule has 2 N–H and O–H groups in total. The van der Waals surface area contributed by atoms with Crippen molar-refractivity contribution in [3.63, 3.8) is 0 Å². The van der Waals surface area contributed by atoms with Gasteiger partial charge in [-0.2, -0.15) is 0 Å². The Balaban J connectivity index is 2.65. The van der Waals surface area contributed by atoms with Crippen molar-refractivity contribution in [3.8, 4) is 11.5 Å². The molecule has 0 amide bonds. The van der Waals surface area contributed by atoms with E-state index in [1.807, 2.05) is 18.2 Å². The smallest absolute Gasteiger partial charge is 0.161 e.